The Kier molecular flexibility index (Phi) is 4.49. The van der Waals surface area contributed by atoms with E-state index in [0.717, 1.165) is 34.3 Å². The van der Waals surface area contributed by atoms with Crippen LogP contribution in [0.5, 0.6) is 0 Å². The van der Waals surface area contributed by atoms with Crippen LogP contribution in [0.25, 0.3) is 0 Å². The predicted molar refractivity (Wildman–Crippen MR) is 93.8 cm³/mol. The van der Waals surface area contributed by atoms with Crippen LogP contribution in [-0.4, -0.2) is 28.3 Å². The molecule has 3 rings (SSSR count). The fraction of sp³-hybridized carbons (Fsp3) is 0.312. The number of rotatable bonds is 4. The average molecular weight is 360 g/mol. The molecule has 2 aromatic rings. The number of benzene rings is 1. The van der Waals surface area contributed by atoms with Gasteiger partial charge in [0.05, 0.1) is 10.8 Å². The molecule has 1 N–H and O–H groups in total. The van der Waals surface area contributed by atoms with E-state index in [9.17, 15) is 19.7 Å². The lowest BCUT2D eigenvalue weighted by Crippen LogP contribution is -2.28. The molecule has 130 valence electrons. The third-order valence-electron chi connectivity index (χ3n) is 4.20. The summed E-state index contributed by atoms with van der Waals surface area (Å²) in [5, 5.41) is 13.2. The molecule has 8 nitrogen and oxygen atoms in total. The van der Waals surface area contributed by atoms with Gasteiger partial charge >= 0.3 is 5.00 Å². The lowest BCUT2D eigenvalue weighted by Gasteiger charge is -2.17. The van der Waals surface area contributed by atoms with Crippen LogP contribution >= 0.6 is 11.3 Å². The number of nitro groups is 1. The number of hydrogen-bond acceptors (Lipinski definition) is 6. The Morgan fingerprint density at radius 1 is 1.40 bits per heavy atom. The number of carbonyl (C=O) groups is 2. The summed E-state index contributed by atoms with van der Waals surface area (Å²) in [7, 11) is 0. The summed E-state index contributed by atoms with van der Waals surface area (Å²) >= 11 is 0.789. The minimum atomic E-state index is -0.562. The van der Waals surface area contributed by atoms with Crippen molar-refractivity contribution in [3.05, 3.63) is 45.6 Å². The van der Waals surface area contributed by atoms with Gasteiger partial charge in [0, 0.05) is 18.7 Å². The van der Waals surface area contributed by atoms with Crippen LogP contribution in [0.2, 0.25) is 0 Å². The maximum Gasteiger partial charge on any atom is 0.345 e. The summed E-state index contributed by atoms with van der Waals surface area (Å²) in [5.41, 5.74) is 2.98. The summed E-state index contributed by atoms with van der Waals surface area (Å²) in [6.07, 6.45) is 1.20. The van der Waals surface area contributed by atoms with Crippen LogP contribution in [0.4, 0.5) is 15.8 Å². The molecule has 0 bridgehead atoms. The minimum absolute atomic E-state index is 0.103. The molecule has 1 unspecified atom stereocenters. The summed E-state index contributed by atoms with van der Waals surface area (Å²) in [5.74, 6) is -0.991. The van der Waals surface area contributed by atoms with E-state index in [1.807, 2.05) is 32.0 Å². The number of amides is 2. The van der Waals surface area contributed by atoms with Gasteiger partial charge < -0.3 is 10.2 Å². The van der Waals surface area contributed by atoms with Gasteiger partial charge in [0.25, 0.3) is 0 Å². The molecule has 1 aromatic carbocycles. The lowest BCUT2D eigenvalue weighted by atomic mass is 10.1. The molecule has 0 saturated carbocycles. The summed E-state index contributed by atoms with van der Waals surface area (Å²) in [6.45, 7) is 4.24. The van der Waals surface area contributed by atoms with E-state index in [2.05, 4.69) is 10.3 Å². The largest absolute Gasteiger partial charge is 0.345 e. The van der Waals surface area contributed by atoms with E-state index in [1.54, 1.807) is 4.90 Å². The zero-order valence-electron chi connectivity index (χ0n) is 13.7. The van der Waals surface area contributed by atoms with Gasteiger partial charge in [0.1, 0.15) is 6.20 Å². The molecule has 0 radical (unpaired) electrons. The first kappa shape index (κ1) is 17.0. The first-order valence-electron chi connectivity index (χ1n) is 7.64. The maximum atomic E-state index is 12.3. The third kappa shape index (κ3) is 3.50. The Hall–Kier alpha value is -2.81. The predicted octanol–water partition coefficient (Wildman–Crippen LogP) is 2.66. The Labute approximate surface area is 147 Å². The molecule has 9 heteroatoms. The van der Waals surface area contributed by atoms with E-state index in [-0.39, 0.29) is 34.9 Å². The summed E-state index contributed by atoms with van der Waals surface area (Å²) in [4.78, 5) is 40.1. The van der Waals surface area contributed by atoms with E-state index < -0.39 is 10.8 Å². The number of aryl methyl sites for hydroxylation is 2. The number of carbonyl (C=O) groups excluding carboxylic acids is 2. The van der Waals surface area contributed by atoms with Gasteiger partial charge in [-0.25, -0.2) is 4.98 Å². The SMILES string of the molecule is Cc1ccc(N2CC(C(=O)Nc3ncc([N+](=O)[O-])s3)CC2=O)cc1C. The molecule has 2 heterocycles. The quantitative estimate of drug-likeness (QED) is 0.666. The summed E-state index contributed by atoms with van der Waals surface area (Å²) in [6, 6.07) is 5.74. The Morgan fingerprint density at radius 3 is 2.80 bits per heavy atom. The standard InChI is InChI=1S/C16H16N4O4S/c1-9-3-4-12(5-10(9)2)19-8-11(6-13(19)21)15(22)18-16-17-7-14(25-16)20(23)24/h3-5,7,11H,6,8H2,1-2H3,(H,17,18,22). The molecule has 0 aliphatic carbocycles. The zero-order chi connectivity index (χ0) is 18.1. The fourth-order valence-corrected chi connectivity index (χ4v) is 3.28. The van der Waals surface area contributed by atoms with Crippen molar-refractivity contribution in [1.82, 2.24) is 4.98 Å². The first-order chi connectivity index (χ1) is 11.8. The highest BCUT2D eigenvalue weighted by Gasteiger charge is 2.35. The van der Waals surface area contributed by atoms with Crippen molar-refractivity contribution in [2.75, 3.05) is 16.8 Å². The molecule has 0 spiro atoms. The van der Waals surface area contributed by atoms with E-state index >= 15 is 0 Å². The van der Waals surface area contributed by atoms with Gasteiger partial charge in [-0.1, -0.05) is 6.07 Å². The van der Waals surface area contributed by atoms with Crippen LogP contribution in [0.15, 0.2) is 24.4 Å². The second-order valence-electron chi connectivity index (χ2n) is 5.92. The molecule has 1 aromatic heterocycles. The van der Waals surface area contributed by atoms with Crippen molar-refractivity contribution in [3.8, 4) is 0 Å². The van der Waals surface area contributed by atoms with Crippen LogP contribution in [0.3, 0.4) is 0 Å². The van der Waals surface area contributed by atoms with E-state index in [0.29, 0.717) is 0 Å². The Bertz CT molecular complexity index is 864. The molecular weight excluding hydrogens is 344 g/mol. The average Bonchev–Trinajstić information content (AvgIpc) is 3.17. The Balaban J connectivity index is 1.69. The van der Waals surface area contributed by atoms with Crippen LogP contribution in [-0.2, 0) is 9.59 Å². The van der Waals surface area contributed by atoms with Gasteiger partial charge in [0.2, 0.25) is 11.8 Å². The second kappa shape index (κ2) is 6.60. The lowest BCUT2D eigenvalue weighted by molar-refractivity contribution is -0.380. The third-order valence-corrected chi connectivity index (χ3v) is 5.07. The number of aromatic nitrogens is 1. The molecule has 1 aliphatic heterocycles. The van der Waals surface area contributed by atoms with Gasteiger partial charge in [-0.2, -0.15) is 0 Å². The van der Waals surface area contributed by atoms with Crippen molar-refractivity contribution in [2.24, 2.45) is 5.92 Å². The fourth-order valence-electron chi connectivity index (χ4n) is 2.64. The van der Waals surface area contributed by atoms with Crippen molar-refractivity contribution in [2.45, 2.75) is 20.3 Å². The molecule has 1 aliphatic rings. The van der Waals surface area contributed by atoms with Gasteiger partial charge in [-0.05, 0) is 48.4 Å². The van der Waals surface area contributed by atoms with E-state index in [1.165, 1.54) is 0 Å². The number of thiazole rings is 1. The molecular formula is C16H16N4O4S. The van der Waals surface area contributed by atoms with Crippen LogP contribution in [0, 0.1) is 29.9 Å². The number of hydrogen-bond donors (Lipinski definition) is 1. The smallest absolute Gasteiger partial charge is 0.312 e. The van der Waals surface area contributed by atoms with Gasteiger partial charge in [-0.3, -0.25) is 19.7 Å². The van der Waals surface area contributed by atoms with E-state index in [4.69, 9.17) is 0 Å². The highest BCUT2D eigenvalue weighted by atomic mass is 32.1. The van der Waals surface area contributed by atoms with Crippen LogP contribution in [0.1, 0.15) is 17.5 Å². The highest BCUT2D eigenvalue weighted by Crippen LogP contribution is 2.29. The van der Waals surface area contributed by atoms with Gasteiger partial charge in [-0.15, -0.1) is 0 Å². The first-order valence-corrected chi connectivity index (χ1v) is 8.45. The van der Waals surface area contributed by atoms with Crippen molar-refractivity contribution < 1.29 is 14.5 Å². The van der Waals surface area contributed by atoms with Crippen molar-refractivity contribution in [3.63, 3.8) is 0 Å². The van der Waals surface area contributed by atoms with Gasteiger partial charge in [0.15, 0.2) is 5.13 Å². The van der Waals surface area contributed by atoms with Crippen molar-refractivity contribution in [1.29, 1.82) is 0 Å². The second-order valence-corrected chi connectivity index (χ2v) is 6.93. The molecule has 1 atom stereocenters. The summed E-state index contributed by atoms with van der Waals surface area (Å²) < 4.78 is 0. The monoisotopic (exact) mass is 360 g/mol. The zero-order valence-corrected chi connectivity index (χ0v) is 14.5. The maximum absolute atomic E-state index is 12.3. The van der Waals surface area contributed by atoms with Crippen LogP contribution < -0.4 is 10.2 Å². The molecule has 2 amide bonds. The molecule has 1 saturated heterocycles. The normalized spacial score (nSPS) is 17.0. The highest BCUT2D eigenvalue weighted by molar-refractivity contribution is 7.18. The molecule has 1 fully saturated rings. The molecule has 25 heavy (non-hydrogen) atoms. The minimum Gasteiger partial charge on any atom is -0.312 e. The topological polar surface area (TPSA) is 105 Å². The number of nitrogens with one attached hydrogen (secondary N) is 1. The Morgan fingerprint density at radius 2 is 2.16 bits per heavy atom. The number of nitrogens with zero attached hydrogens (tertiary/aromatic N) is 3. The number of anilines is 2. The van der Waals surface area contributed by atoms with Crippen molar-refractivity contribution >= 4 is 39.0 Å².